The second kappa shape index (κ2) is 6.69. The Balaban J connectivity index is 2.37. The lowest BCUT2D eigenvalue weighted by Crippen LogP contribution is -2.54. The molecule has 90 valence electrons. The van der Waals surface area contributed by atoms with E-state index in [4.69, 9.17) is 21.1 Å². The topological polar surface area (TPSA) is 30.5 Å². The minimum absolute atomic E-state index is 0.0764. The quantitative estimate of drug-likeness (QED) is 0.713. The van der Waals surface area contributed by atoms with E-state index in [1.54, 1.807) is 7.11 Å². The van der Waals surface area contributed by atoms with Crippen LogP contribution in [0.5, 0.6) is 0 Å². The summed E-state index contributed by atoms with van der Waals surface area (Å²) in [5.74, 6) is 0.660. The Morgan fingerprint density at radius 2 is 2.13 bits per heavy atom. The molecule has 0 aromatic heterocycles. The van der Waals surface area contributed by atoms with Crippen LogP contribution in [0.25, 0.3) is 0 Å². The van der Waals surface area contributed by atoms with Crippen molar-refractivity contribution >= 4 is 11.6 Å². The highest BCUT2D eigenvalue weighted by molar-refractivity contribution is 6.18. The number of halogens is 1. The molecule has 0 amide bonds. The van der Waals surface area contributed by atoms with E-state index in [1.165, 1.54) is 0 Å². The van der Waals surface area contributed by atoms with Gasteiger partial charge in [-0.05, 0) is 26.2 Å². The number of hydrogen-bond donors (Lipinski definition) is 1. The zero-order valence-corrected chi connectivity index (χ0v) is 10.5. The van der Waals surface area contributed by atoms with Gasteiger partial charge in [0.25, 0.3) is 0 Å². The largest absolute Gasteiger partial charge is 0.385 e. The Morgan fingerprint density at radius 3 is 2.67 bits per heavy atom. The van der Waals surface area contributed by atoms with Crippen molar-refractivity contribution in [1.29, 1.82) is 0 Å². The molecule has 0 aromatic rings. The highest BCUT2D eigenvalue weighted by atomic mass is 35.5. The van der Waals surface area contributed by atoms with Gasteiger partial charge in [-0.3, -0.25) is 0 Å². The number of alkyl halides is 1. The van der Waals surface area contributed by atoms with Crippen molar-refractivity contribution in [2.24, 2.45) is 0 Å². The highest BCUT2D eigenvalue weighted by Gasteiger charge is 2.32. The van der Waals surface area contributed by atoms with Crippen molar-refractivity contribution in [3.05, 3.63) is 0 Å². The van der Waals surface area contributed by atoms with Crippen LogP contribution in [0.1, 0.15) is 26.2 Å². The van der Waals surface area contributed by atoms with Crippen LogP contribution in [0.3, 0.4) is 0 Å². The maximum absolute atomic E-state index is 6.07. The van der Waals surface area contributed by atoms with Crippen molar-refractivity contribution in [2.75, 3.05) is 32.8 Å². The number of nitrogens with one attached hydrogen (secondary N) is 1. The van der Waals surface area contributed by atoms with Crippen molar-refractivity contribution < 1.29 is 9.47 Å². The van der Waals surface area contributed by atoms with E-state index in [0.29, 0.717) is 11.9 Å². The maximum atomic E-state index is 6.07. The summed E-state index contributed by atoms with van der Waals surface area (Å²) < 4.78 is 10.4. The first-order chi connectivity index (χ1) is 7.22. The second-order valence-electron chi connectivity index (χ2n) is 4.35. The molecule has 1 aliphatic rings. The Labute approximate surface area is 97.5 Å². The summed E-state index contributed by atoms with van der Waals surface area (Å²) in [5.41, 5.74) is 0.0764. The second-order valence-corrected chi connectivity index (χ2v) is 4.62. The molecule has 1 saturated heterocycles. The highest BCUT2D eigenvalue weighted by Crippen LogP contribution is 2.23. The Morgan fingerprint density at radius 1 is 1.47 bits per heavy atom. The van der Waals surface area contributed by atoms with E-state index in [0.717, 1.165) is 39.1 Å². The van der Waals surface area contributed by atoms with Gasteiger partial charge in [-0.2, -0.15) is 0 Å². The van der Waals surface area contributed by atoms with Crippen LogP contribution in [0.4, 0.5) is 0 Å². The lowest BCUT2D eigenvalue weighted by Gasteiger charge is -2.38. The van der Waals surface area contributed by atoms with Crippen LogP contribution in [0.2, 0.25) is 0 Å². The average Bonchev–Trinajstić information content (AvgIpc) is 2.27. The molecule has 1 unspecified atom stereocenters. The van der Waals surface area contributed by atoms with E-state index in [9.17, 15) is 0 Å². The normalized spacial score (nSPS) is 22.6. The number of ether oxygens (including phenoxy) is 2. The minimum atomic E-state index is 0.0764. The molecule has 0 spiro atoms. The summed E-state index contributed by atoms with van der Waals surface area (Å²) in [6.07, 6.45) is 3.04. The summed E-state index contributed by atoms with van der Waals surface area (Å²) in [7, 11) is 1.73. The monoisotopic (exact) mass is 235 g/mol. The summed E-state index contributed by atoms with van der Waals surface area (Å²) >= 11 is 6.07. The van der Waals surface area contributed by atoms with Gasteiger partial charge in [0.15, 0.2) is 0 Å². The van der Waals surface area contributed by atoms with Crippen LogP contribution in [0, 0.1) is 0 Å². The van der Waals surface area contributed by atoms with Crippen molar-refractivity contribution in [3.63, 3.8) is 0 Å². The lowest BCUT2D eigenvalue weighted by atomic mass is 9.91. The third-order valence-corrected chi connectivity index (χ3v) is 3.52. The first-order valence-electron chi connectivity index (χ1n) is 5.63. The standard InChI is InChI=1S/C11H22ClNO2/c1-10(3-6-14-2)13-11(9-12)4-7-15-8-5-11/h10,13H,3-9H2,1-2H3. The summed E-state index contributed by atoms with van der Waals surface area (Å²) in [5, 5.41) is 3.62. The van der Waals surface area contributed by atoms with Gasteiger partial charge in [-0.15, -0.1) is 11.6 Å². The van der Waals surface area contributed by atoms with Crippen LogP contribution in [-0.2, 0) is 9.47 Å². The predicted octanol–water partition coefficient (Wildman–Crippen LogP) is 1.79. The fourth-order valence-electron chi connectivity index (χ4n) is 1.97. The molecule has 1 aliphatic heterocycles. The third-order valence-electron chi connectivity index (χ3n) is 3.01. The SMILES string of the molecule is COCCC(C)NC1(CCl)CCOCC1. The van der Waals surface area contributed by atoms with Crippen molar-refractivity contribution in [2.45, 2.75) is 37.8 Å². The molecule has 1 rings (SSSR count). The Bertz CT molecular complexity index is 172. The van der Waals surface area contributed by atoms with Crippen LogP contribution < -0.4 is 5.32 Å². The minimum Gasteiger partial charge on any atom is -0.385 e. The first-order valence-corrected chi connectivity index (χ1v) is 6.16. The summed E-state index contributed by atoms with van der Waals surface area (Å²) in [6, 6.07) is 0.446. The molecule has 0 bridgehead atoms. The molecule has 1 atom stereocenters. The fraction of sp³-hybridized carbons (Fsp3) is 1.00. The third kappa shape index (κ3) is 4.27. The molecule has 0 radical (unpaired) electrons. The molecule has 1 heterocycles. The first kappa shape index (κ1) is 13.2. The van der Waals surface area contributed by atoms with Crippen LogP contribution in [0.15, 0.2) is 0 Å². The maximum Gasteiger partial charge on any atom is 0.0484 e. The molecular weight excluding hydrogens is 214 g/mol. The molecule has 0 aliphatic carbocycles. The van der Waals surface area contributed by atoms with E-state index >= 15 is 0 Å². The molecular formula is C11H22ClNO2. The zero-order valence-electron chi connectivity index (χ0n) is 9.72. The van der Waals surface area contributed by atoms with E-state index in [-0.39, 0.29) is 5.54 Å². The van der Waals surface area contributed by atoms with Crippen molar-refractivity contribution in [1.82, 2.24) is 5.32 Å². The van der Waals surface area contributed by atoms with E-state index < -0.39 is 0 Å². The molecule has 0 saturated carbocycles. The van der Waals surface area contributed by atoms with E-state index in [1.807, 2.05) is 0 Å². The van der Waals surface area contributed by atoms with Gasteiger partial charge in [-0.25, -0.2) is 0 Å². The molecule has 0 aromatic carbocycles. The zero-order chi connectivity index (χ0) is 11.1. The van der Waals surface area contributed by atoms with Crippen molar-refractivity contribution in [3.8, 4) is 0 Å². The summed E-state index contributed by atoms with van der Waals surface area (Å²) in [4.78, 5) is 0. The van der Waals surface area contributed by atoms with Crippen LogP contribution >= 0.6 is 11.6 Å². The van der Waals surface area contributed by atoms with Gasteiger partial charge < -0.3 is 14.8 Å². The van der Waals surface area contributed by atoms with E-state index in [2.05, 4.69) is 12.2 Å². The number of rotatable bonds is 6. The van der Waals surface area contributed by atoms with Gasteiger partial charge in [0.05, 0.1) is 0 Å². The Hall–Kier alpha value is 0.170. The lowest BCUT2D eigenvalue weighted by molar-refractivity contribution is 0.0408. The van der Waals surface area contributed by atoms with Crippen LogP contribution in [-0.4, -0.2) is 44.4 Å². The van der Waals surface area contributed by atoms with Gasteiger partial charge in [0.2, 0.25) is 0 Å². The van der Waals surface area contributed by atoms with Gasteiger partial charge >= 0.3 is 0 Å². The molecule has 4 heteroatoms. The molecule has 1 fully saturated rings. The van der Waals surface area contributed by atoms with Gasteiger partial charge in [0, 0.05) is 44.4 Å². The molecule has 1 N–H and O–H groups in total. The molecule has 3 nitrogen and oxygen atoms in total. The predicted molar refractivity (Wildman–Crippen MR) is 62.6 cm³/mol. The fourth-order valence-corrected chi connectivity index (χ4v) is 2.31. The number of methoxy groups -OCH3 is 1. The Kier molecular flexibility index (Phi) is 5.90. The average molecular weight is 236 g/mol. The smallest absolute Gasteiger partial charge is 0.0484 e. The molecule has 15 heavy (non-hydrogen) atoms. The number of hydrogen-bond acceptors (Lipinski definition) is 3. The van der Waals surface area contributed by atoms with Gasteiger partial charge in [0.1, 0.15) is 0 Å². The van der Waals surface area contributed by atoms with Gasteiger partial charge in [-0.1, -0.05) is 0 Å². The summed E-state index contributed by atoms with van der Waals surface area (Å²) in [6.45, 7) is 4.61.